The number of halogens is 1. The molecule has 1 atom stereocenters. The third-order valence-electron chi connectivity index (χ3n) is 1.72. The predicted molar refractivity (Wildman–Crippen MR) is 40.2 cm³/mol. The largest absolute Gasteiger partial charge is 0.391 e. The van der Waals surface area contributed by atoms with Crippen LogP contribution in [0.3, 0.4) is 0 Å². The van der Waals surface area contributed by atoms with Crippen LogP contribution in [0.5, 0.6) is 0 Å². The summed E-state index contributed by atoms with van der Waals surface area (Å²) in [6, 6.07) is 0. The molecule has 0 aromatic carbocycles. The molecule has 1 aliphatic heterocycles. The predicted octanol–water partition coefficient (Wildman–Crippen LogP) is 0.388. The molecule has 1 heterocycles. The molecule has 1 unspecified atom stereocenters. The monoisotopic (exact) mass is 160 g/mol. The van der Waals surface area contributed by atoms with Gasteiger partial charge < -0.3 is 5.11 Å². The number of nitrogens with zero attached hydrogens (tertiary/aromatic N) is 1. The third-order valence-corrected chi connectivity index (χ3v) is 1.72. The van der Waals surface area contributed by atoms with Gasteiger partial charge in [-0.15, -0.1) is 0 Å². The smallest absolute Gasteiger partial charge is 0.208 e. The van der Waals surface area contributed by atoms with Gasteiger partial charge in [0.15, 0.2) is 0 Å². The fourth-order valence-electron chi connectivity index (χ4n) is 0.965. The molecule has 1 rings (SSSR count). The van der Waals surface area contributed by atoms with Gasteiger partial charge in [0.05, 0.1) is 6.61 Å². The van der Waals surface area contributed by atoms with Gasteiger partial charge >= 0.3 is 0 Å². The molecule has 11 heavy (non-hydrogen) atoms. The average Bonchev–Trinajstić information content (AvgIpc) is 2.50. The number of nitrogens with one attached hydrogen (secondary N) is 1. The summed E-state index contributed by atoms with van der Waals surface area (Å²) in [6.07, 6.45) is 1.31. The summed E-state index contributed by atoms with van der Waals surface area (Å²) in [4.78, 5) is 0. The van der Waals surface area contributed by atoms with E-state index in [0.29, 0.717) is 6.54 Å². The summed E-state index contributed by atoms with van der Waals surface area (Å²) in [6.45, 7) is 2.24. The molecule has 0 radical (unpaired) electrons. The van der Waals surface area contributed by atoms with E-state index in [0.717, 1.165) is 12.0 Å². The van der Waals surface area contributed by atoms with Gasteiger partial charge in [-0.2, -0.15) is 0 Å². The first kappa shape index (κ1) is 8.49. The molecule has 4 heteroatoms. The molecule has 3 nitrogen and oxygen atoms in total. The fraction of sp³-hybridized carbons (Fsp3) is 0.714. The van der Waals surface area contributed by atoms with Crippen molar-refractivity contribution in [1.29, 1.82) is 0 Å². The van der Waals surface area contributed by atoms with E-state index in [1.807, 2.05) is 6.92 Å². The van der Waals surface area contributed by atoms with E-state index >= 15 is 0 Å². The molecule has 0 amide bonds. The maximum Gasteiger partial charge on any atom is 0.208 e. The minimum absolute atomic E-state index is 0.472. The summed E-state index contributed by atoms with van der Waals surface area (Å²) in [5, 5.41) is 9.77. The summed E-state index contributed by atoms with van der Waals surface area (Å²) < 4.78 is 12.7. The second-order valence-corrected chi connectivity index (χ2v) is 2.50. The van der Waals surface area contributed by atoms with Crippen molar-refractivity contribution in [3.63, 3.8) is 0 Å². The number of rotatable bonds is 3. The van der Waals surface area contributed by atoms with Crippen molar-refractivity contribution in [2.75, 3.05) is 13.2 Å². The van der Waals surface area contributed by atoms with E-state index in [4.69, 9.17) is 5.11 Å². The Morgan fingerprint density at radius 2 is 2.64 bits per heavy atom. The van der Waals surface area contributed by atoms with Gasteiger partial charge in [0, 0.05) is 12.7 Å². The van der Waals surface area contributed by atoms with Crippen LogP contribution in [0.1, 0.15) is 13.3 Å². The van der Waals surface area contributed by atoms with Crippen LogP contribution in [-0.4, -0.2) is 29.6 Å². The minimum Gasteiger partial charge on any atom is -0.391 e. The molecule has 1 aliphatic rings. The number of alkyl halides is 1. The van der Waals surface area contributed by atoms with Gasteiger partial charge in [0.25, 0.3) is 0 Å². The highest BCUT2D eigenvalue weighted by Crippen LogP contribution is 2.10. The maximum absolute atomic E-state index is 12.7. The Morgan fingerprint density at radius 3 is 3.09 bits per heavy atom. The molecular formula is C7H13FN2O. The van der Waals surface area contributed by atoms with Crippen LogP contribution in [0.15, 0.2) is 11.8 Å². The van der Waals surface area contributed by atoms with Crippen molar-refractivity contribution < 1.29 is 9.50 Å². The lowest BCUT2D eigenvalue weighted by Crippen LogP contribution is -2.37. The molecule has 2 N–H and O–H groups in total. The van der Waals surface area contributed by atoms with Crippen molar-refractivity contribution in [3.05, 3.63) is 11.8 Å². The number of aliphatic hydroxyl groups is 1. The van der Waals surface area contributed by atoms with Crippen molar-refractivity contribution in [2.24, 2.45) is 0 Å². The quantitative estimate of drug-likeness (QED) is 0.586. The Morgan fingerprint density at radius 1 is 1.91 bits per heavy atom. The summed E-state index contributed by atoms with van der Waals surface area (Å²) in [5.74, 6) is 0. The lowest BCUT2D eigenvalue weighted by Gasteiger charge is -2.18. The van der Waals surface area contributed by atoms with Crippen LogP contribution in [-0.2, 0) is 0 Å². The first-order valence-electron chi connectivity index (χ1n) is 3.74. The first-order valence-corrected chi connectivity index (χ1v) is 3.74. The maximum atomic E-state index is 12.7. The van der Waals surface area contributed by atoms with Gasteiger partial charge in [-0.25, -0.2) is 9.82 Å². The average molecular weight is 160 g/mol. The zero-order valence-corrected chi connectivity index (χ0v) is 6.55. The van der Waals surface area contributed by atoms with Crippen molar-refractivity contribution >= 4 is 0 Å². The number of aliphatic hydroxyl groups excluding tert-OH is 1. The van der Waals surface area contributed by atoms with Crippen LogP contribution < -0.4 is 5.43 Å². The Labute approximate surface area is 65.5 Å². The zero-order valence-electron chi connectivity index (χ0n) is 6.55. The minimum atomic E-state index is -1.32. The van der Waals surface area contributed by atoms with Crippen LogP contribution in [0, 0.1) is 0 Å². The molecule has 64 valence electrons. The Balaban J connectivity index is 2.45. The SMILES string of the molecule is CCC1=CN(C(F)CO)NC1. The fourth-order valence-corrected chi connectivity index (χ4v) is 0.965. The standard InChI is InChI=1S/C7H13FN2O/c1-2-6-3-9-10(4-6)7(8)5-11/h4,7,9,11H,2-3,5H2,1H3. The Bertz CT molecular complexity index is 161. The van der Waals surface area contributed by atoms with Crippen molar-refractivity contribution in [3.8, 4) is 0 Å². The summed E-state index contributed by atoms with van der Waals surface area (Å²) in [5.41, 5.74) is 3.97. The summed E-state index contributed by atoms with van der Waals surface area (Å²) in [7, 11) is 0. The highest BCUT2D eigenvalue weighted by molar-refractivity contribution is 5.07. The molecule has 0 saturated heterocycles. The van der Waals surface area contributed by atoms with E-state index in [9.17, 15) is 4.39 Å². The topological polar surface area (TPSA) is 35.5 Å². The van der Waals surface area contributed by atoms with Gasteiger partial charge in [-0.3, -0.25) is 5.01 Å². The molecule has 0 spiro atoms. The first-order chi connectivity index (χ1) is 5.27. The highest BCUT2D eigenvalue weighted by atomic mass is 19.1. The molecule has 0 aliphatic carbocycles. The van der Waals surface area contributed by atoms with E-state index in [-0.39, 0.29) is 0 Å². The van der Waals surface area contributed by atoms with Crippen LogP contribution in [0.25, 0.3) is 0 Å². The Hall–Kier alpha value is -0.610. The highest BCUT2D eigenvalue weighted by Gasteiger charge is 2.17. The van der Waals surface area contributed by atoms with E-state index in [1.54, 1.807) is 6.20 Å². The van der Waals surface area contributed by atoms with Crippen molar-refractivity contribution in [1.82, 2.24) is 10.4 Å². The lowest BCUT2D eigenvalue weighted by atomic mass is 10.2. The molecule has 0 saturated carbocycles. The summed E-state index contributed by atoms with van der Waals surface area (Å²) >= 11 is 0. The van der Waals surface area contributed by atoms with Gasteiger partial charge in [-0.05, 0) is 12.0 Å². The third kappa shape index (κ3) is 1.91. The molecule has 0 fully saturated rings. The molecular weight excluding hydrogens is 147 g/mol. The molecule has 0 aromatic heterocycles. The second kappa shape index (κ2) is 3.69. The number of hydrogen-bond acceptors (Lipinski definition) is 3. The Kier molecular flexibility index (Phi) is 2.84. The molecule has 0 aromatic rings. The van der Waals surface area contributed by atoms with Gasteiger partial charge in [-0.1, -0.05) is 6.92 Å². The van der Waals surface area contributed by atoms with Crippen molar-refractivity contribution in [2.45, 2.75) is 19.6 Å². The lowest BCUT2D eigenvalue weighted by molar-refractivity contribution is 0.0408. The normalized spacial score (nSPS) is 20.3. The second-order valence-electron chi connectivity index (χ2n) is 2.50. The van der Waals surface area contributed by atoms with E-state index in [2.05, 4.69) is 5.43 Å². The molecule has 0 bridgehead atoms. The number of hydrogen-bond donors (Lipinski definition) is 2. The van der Waals surface area contributed by atoms with Gasteiger partial charge in [0.2, 0.25) is 6.30 Å². The van der Waals surface area contributed by atoms with Crippen LogP contribution >= 0.6 is 0 Å². The van der Waals surface area contributed by atoms with E-state index in [1.165, 1.54) is 5.01 Å². The van der Waals surface area contributed by atoms with E-state index < -0.39 is 12.9 Å². The van der Waals surface area contributed by atoms with Crippen LogP contribution in [0.2, 0.25) is 0 Å². The van der Waals surface area contributed by atoms with Gasteiger partial charge in [0.1, 0.15) is 0 Å². The number of hydrazine groups is 1. The zero-order chi connectivity index (χ0) is 8.27. The van der Waals surface area contributed by atoms with Crippen LogP contribution in [0.4, 0.5) is 4.39 Å².